The zero-order valence-corrected chi connectivity index (χ0v) is 21.7. The molecule has 1 N–H and O–H groups in total. The lowest BCUT2D eigenvalue weighted by atomic mass is 9.99. The number of hydrogen-bond acceptors (Lipinski definition) is 6. The van der Waals surface area contributed by atoms with Crippen LogP contribution in [0, 0.1) is 24.5 Å². The summed E-state index contributed by atoms with van der Waals surface area (Å²) in [6.45, 7) is 3.53. The highest BCUT2D eigenvalue weighted by atomic mass is 19.1. The van der Waals surface area contributed by atoms with E-state index in [9.17, 15) is 23.1 Å². The fourth-order valence-electron chi connectivity index (χ4n) is 4.45. The molecule has 39 heavy (non-hydrogen) atoms. The Labute approximate surface area is 223 Å². The van der Waals surface area contributed by atoms with E-state index in [2.05, 4.69) is 9.97 Å². The van der Waals surface area contributed by atoms with E-state index >= 15 is 0 Å². The summed E-state index contributed by atoms with van der Waals surface area (Å²) in [6.07, 6.45) is 1.41. The maximum atomic E-state index is 14.1. The Bertz CT molecular complexity index is 1500. The van der Waals surface area contributed by atoms with Crippen molar-refractivity contribution in [1.82, 2.24) is 14.5 Å². The van der Waals surface area contributed by atoms with E-state index in [1.165, 1.54) is 17.9 Å². The van der Waals surface area contributed by atoms with Crippen LogP contribution >= 0.6 is 0 Å². The molecular formula is C29H28F3N3O4. The molecule has 0 saturated carbocycles. The van der Waals surface area contributed by atoms with E-state index in [-0.39, 0.29) is 36.6 Å². The lowest BCUT2D eigenvalue weighted by Crippen LogP contribution is -2.28. The summed E-state index contributed by atoms with van der Waals surface area (Å²) in [6, 6.07) is 10.9. The molecule has 0 aliphatic heterocycles. The van der Waals surface area contributed by atoms with Gasteiger partial charge in [-0.15, -0.1) is 0 Å². The van der Waals surface area contributed by atoms with Gasteiger partial charge in [0.05, 0.1) is 18.2 Å². The maximum absolute atomic E-state index is 14.1. The molecule has 2 heterocycles. The number of nitrogens with zero attached hydrogens (tertiary/aromatic N) is 3. The van der Waals surface area contributed by atoms with Gasteiger partial charge in [0.15, 0.2) is 0 Å². The molecule has 7 nitrogen and oxygen atoms in total. The number of rotatable bonds is 10. The van der Waals surface area contributed by atoms with Gasteiger partial charge in [0.2, 0.25) is 11.8 Å². The average molecular weight is 540 g/mol. The standard InChI is InChI=1S/C29H28F3N3O4/c1-4-39-16-26-34-28(36)24(11-18-5-7-19(8-6-18)23-9-10-33-27(32)17(23)2)29(37)35(26)25(15-38-3)20-12-21(30)14-22(31)13-20/h5-10,12-14,25,37H,4,11,15-16H2,1-3H3/t25-/m0/s1. The number of hydrogen-bond donors (Lipinski definition) is 1. The molecule has 0 radical (unpaired) electrons. The van der Waals surface area contributed by atoms with Crippen LogP contribution in [0.15, 0.2) is 59.5 Å². The largest absolute Gasteiger partial charge is 0.494 e. The van der Waals surface area contributed by atoms with Crippen molar-refractivity contribution in [3.05, 3.63) is 111 Å². The number of ether oxygens (including phenoxy) is 2. The van der Waals surface area contributed by atoms with Gasteiger partial charge in [-0.2, -0.15) is 9.37 Å². The highest BCUT2D eigenvalue weighted by molar-refractivity contribution is 5.66. The van der Waals surface area contributed by atoms with Crippen LogP contribution in [0.2, 0.25) is 0 Å². The topological polar surface area (TPSA) is 86.5 Å². The average Bonchev–Trinajstić information content (AvgIpc) is 2.90. The summed E-state index contributed by atoms with van der Waals surface area (Å²) in [7, 11) is 1.41. The first-order valence-electron chi connectivity index (χ1n) is 12.3. The smallest absolute Gasteiger partial charge is 0.280 e. The third kappa shape index (κ3) is 6.18. The Morgan fingerprint density at radius 1 is 1.05 bits per heavy atom. The third-order valence-electron chi connectivity index (χ3n) is 6.39. The van der Waals surface area contributed by atoms with E-state index in [0.29, 0.717) is 23.3 Å². The van der Waals surface area contributed by atoms with Gasteiger partial charge in [0, 0.05) is 38.0 Å². The SMILES string of the molecule is CCOCc1nc(=O)c(Cc2ccc(-c3ccnc(F)c3C)cc2)c(O)n1[C@@H](COC)c1cc(F)cc(F)c1. The van der Waals surface area contributed by atoms with Gasteiger partial charge in [0.1, 0.15) is 24.1 Å². The summed E-state index contributed by atoms with van der Waals surface area (Å²) in [5, 5.41) is 11.4. The lowest BCUT2D eigenvalue weighted by Gasteiger charge is -2.25. The second-order valence-electron chi connectivity index (χ2n) is 8.96. The Kier molecular flexibility index (Phi) is 8.78. The maximum Gasteiger partial charge on any atom is 0.280 e. The van der Waals surface area contributed by atoms with Crippen LogP contribution in [0.3, 0.4) is 0 Å². The molecule has 10 heteroatoms. The van der Waals surface area contributed by atoms with Crippen LogP contribution in [-0.2, 0) is 22.5 Å². The Balaban J connectivity index is 1.78. The highest BCUT2D eigenvalue weighted by Gasteiger charge is 2.25. The number of pyridine rings is 1. The van der Waals surface area contributed by atoms with Crippen molar-refractivity contribution in [3.63, 3.8) is 0 Å². The van der Waals surface area contributed by atoms with E-state index < -0.39 is 35.1 Å². The molecule has 204 valence electrons. The van der Waals surface area contributed by atoms with Gasteiger partial charge in [0.25, 0.3) is 5.56 Å². The Morgan fingerprint density at radius 3 is 2.38 bits per heavy atom. The molecule has 2 aromatic heterocycles. The van der Waals surface area contributed by atoms with Crippen LogP contribution in [0.4, 0.5) is 13.2 Å². The Morgan fingerprint density at radius 2 is 1.74 bits per heavy atom. The van der Waals surface area contributed by atoms with Crippen molar-refractivity contribution in [3.8, 4) is 17.0 Å². The van der Waals surface area contributed by atoms with Crippen LogP contribution in [0.25, 0.3) is 11.1 Å². The van der Waals surface area contributed by atoms with Crippen LogP contribution < -0.4 is 5.56 Å². The summed E-state index contributed by atoms with van der Waals surface area (Å²) in [4.78, 5) is 20.8. The summed E-state index contributed by atoms with van der Waals surface area (Å²) in [5.74, 6) is -2.47. The summed E-state index contributed by atoms with van der Waals surface area (Å²) in [5.41, 5.74) is 2.07. The van der Waals surface area contributed by atoms with Crippen molar-refractivity contribution >= 4 is 0 Å². The molecule has 0 saturated heterocycles. The van der Waals surface area contributed by atoms with E-state index in [1.54, 1.807) is 44.2 Å². The van der Waals surface area contributed by atoms with Crippen molar-refractivity contribution in [1.29, 1.82) is 0 Å². The molecule has 0 fully saturated rings. The fourth-order valence-corrected chi connectivity index (χ4v) is 4.45. The van der Waals surface area contributed by atoms with Crippen LogP contribution in [0.1, 0.15) is 41.0 Å². The first-order valence-corrected chi connectivity index (χ1v) is 12.3. The molecule has 1 atom stereocenters. The quantitative estimate of drug-likeness (QED) is 0.282. The number of benzene rings is 2. The van der Waals surface area contributed by atoms with Crippen molar-refractivity contribution in [2.75, 3.05) is 20.3 Å². The van der Waals surface area contributed by atoms with Gasteiger partial charge in [-0.3, -0.25) is 9.36 Å². The lowest BCUT2D eigenvalue weighted by molar-refractivity contribution is 0.115. The van der Waals surface area contributed by atoms with Gasteiger partial charge < -0.3 is 14.6 Å². The number of aromatic nitrogens is 3. The fraction of sp³-hybridized carbons (Fsp3) is 0.276. The minimum Gasteiger partial charge on any atom is -0.494 e. The normalized spacial score (nSPS) is 12.1. The van der Waals surface area contributed by atoms with Gasteiger partial charge in [-0.05, 0) is 54.3 Å². The third-order valence-corrected chi connectivity index (χ3v) is 6.39. The molecule has 0 aliphatic rings. The van der Waals surface area contributed by atoms with Crippen molar-refractivity contribution in [2.45, 2.75) is 32.9 Å². The number of halogens is 3. The molecule has 2 aromatic carbocycles. The second kappa shape index (κ2) is 12.2. The highest BCUT2D eigenvalue weighted by Crippen LogP contribution is 2.30. The monoisotopic (exact) mass is 539 g/mol. The molecule has 0 spiro atoms. The second-order valence-corrected chi connectivity index (χ2v) is 8.96. The molecule has 4 rings (SSSR count). The molecular weight excluding hydrogens is 511 g/mol. The predicted molar refractivity (Wildman–Crippen MR) is 139 cm³/mol. The van der Waals surface area contributed by atoms with E-state index in [0.717, 1.165) is 23.8 Å². The molecule has 0 unspecified atom stereocenters. The van der Waals surface area contributed by atoms with Crippen LogP contribution in [0.5, 0.6) is 5.88 Å². The van der Waals surface area contributed by atoms with Crippen LogP contribution in [-0.4, -0.2) is 40.0 Å². The first-order chi connectivity index (χ1) is 18.7. The summed E-state index contributed by atoms with van der Waals surface area (Å²) >= 11 is 0. The Hall–Kier alpha value is -4.02. The first kappa shape index (κ1) is 28.0. The molecule has 4 aromatic rings. The van der Waals surface area contributed by atoms with E-state index in [4.69, 9.17) is 9.47 Å². The van der Waals surface area contributed by atoms with Gasteiger partial charge in [-0.1, -0.05) is 24.3 Å². The van der Waals surface area contributed by atoms with E-state index in [1.807, 2.05) is 0 Å². The van der Waals surface area contributed by atoms with Crippen molar-refractivity contribution < 1.29 is 27.8 Å². The zero-order chi connectivity index (χ0) is 28.1. The zero-order valence-electron chi connectivity index (χ0n) is 21.7. The minimum absolute atomic E-state index is 0.00730. The molecule has 0 amide bonds. The van der Waals surface area contributed by atoms with Crippen molar-refractivity contribution in [2.24, 2.45) is 0 Å². The number of aromatic hydroxyl groups is 1. The van der Waals surface area contributed by atoms with Gasteiger partial charge >= 0.3 is 0 Å². The summed E-state index contributed by atoms with van der Waals surface area (Å²) < 4.78 is 54.2. The molecule has 0 aliphatic carbocycles. The predicted octanol–water partition coefficient (Wildman–Crippen LogP) is 5.10. The molecule has 0 bridgehead atoms. The minimum atomic E-state index is -0.908. The number of methoxy groups -OCH3 is 1. The van der Waals surface area contributed by atoms with Gasteiger partial charge in [-0.25, -0.2) is 13.8 Å².